The minimum atomic E-state index is 0.0886. The molecule has 0 aromatic rings. The summed E-state index contributed by atoms with van der Waals surface area (Å²) in [5.41, 5.74) is 3.96. The van der Waals surface area contributed by atoms with Crippen molar-refractivity contribution in [3.63, 3.8) is 0 Å². The smallest absolute Gasteiger partial charge is 0.0343 e. The first-order valence-corrected chi connectivity index (χ1v) is 6.73. The van der Waals surface area contributed by atoms with Crippen molar-refractivity contribution in [1.29, 1.82) is 0 Å². The zero-order valence-electron chi connectivity index (χ0n) is 12.3. The van der Waals surface area contributed by atoms with Crippen molar-refractivity contribution < 1.29 is 0 Å². The molecule has 0 N–H and O–H groups in total. The van der Waals surface area contributed by atoms with Crippen molar-refractivity contribution in [2.24, 2.45) is 17.3 Å². The largest absolute Gasteiger partial charge is 0.102 e. The van der Waals surface area contributed by atoms with E-state index in [1.807, 2.05) is 6.08 Å². The summed E-state index contributed by atoms with van der Waals surface area (Å²) in [5, 5.41) is 0. The average molecular weight is 242 g/mol. The third-order valence-corrected chi connectivity index (χ3v) is 4.36. The molecule has 0 heterocycles. The van der Waals surface area contributed by atoms with Gasteiger partial charge >= 0.3 is 0 Å². The maximum Gasteiger partial charge on any atom is 0.0343 e. The van der Waals surface area contributed by atoms with Gasteiger partial charge in [0.05, 0.1) is 0 Å². The summed E-state index contributed by atoms with van der Waals surface area (Å²) in [6, 6.07) is 0. The molecule has 0 saturated heterocycles. The van der Waals surface area contributed by atoms with Gasteiger partial charge in [-0.3, -0.25) is 0 Å². The standard InChI is InChI=1S/C18H26/c1-8-16(9-2)11-14(6)15(7)18(10-3)12-17(18)13(4)5/h8-10,12,14-15H,1,3-4,11H2,2,5-7H3. The lowest BCUT2D eigenvalue weighted by molar-refractivity contribution is 0.304. The second kappa shape index (κ2) is 5.56. The van der Waals surface area contributed by atoms with E-state index in [9.17, 15) is 0 Å². The van der Waals surface area contributed by atoms with Crippen LogP contribution in [-0.4, -0.2) is 0 Å². The van der Waals surface area contributed by atoms with Gasteiger partial charge in [0.2, 0.25) is 0 Å². The molecule has 1 aliphatic rings. The van der Waals surface area contributed by atoms with Crippen LogP contribution in [0.4, 0.5) is 0 Å². The van der Waals surface area contributed by atoms with Gasteiger partial charge in [-0.1, -0.05) is 62.5 Å². The molecule has 1 rings (SSSR count). The highest BCUT2D eigenvalue weighted by molar-refractivity contribution is 5.55. The van der Waals surface area contributed by atoms with Crippen LogP contribution in [0.2, 0.25) is 0 Å². The fraction of sp³-hybridized carbons (Fsp3) is 0.444. The number of rotatable bonds is 7. The molecule has 3 atom stereocenters. The Balaban J connectivity index is 2.76. The number of hydrogen-bond donors (Lipinski definition) is 0. The van der Waals surface area contributed by atoms with Crippen LogP contribution in [0, 0.1) is 17.3 Å². The van der Waals surface area contributed by atoms with E-state index in [1.54, 1.807) is 0 Å². The van der Waals surface area contributed by atoms with Gasteiger partial charge in [-0.2, -0.15) is 0 Å². The van der Waals surface area contributed by atoms with E-state index in [0.29, 0.717) is 11.8 Å². The maximum atomic E-state index is 4.05. The molecule has 0 aliphatic heterocycles. The first-order valence-electron chi connectivity index (χ1n) is 6.73. The van der Waals surface area contributed by atoms with Crippen LogP contribution in [-0.2, 0) is 0 Å². The molecule has 1 aliphatic carbocycles. The molecular weight excluding hydrogens is 216 g/mol. The molecule has 3 unspecified atom stereocenters. The van der Waals surface area contributed by atoms with E-state index in [-0.39, 0.29) is 5.41 Å². The molecular formula is C18H26. The Kier molecular flexibility index (Phi) is 4.56. The molecule has 0 nitrogen and oxygen atoms in total. The monoisotopic (exact) mass is 242 g/mol. The van der Waals surface area contributed by atoms with Crippen molar-refractivity contribution in [2.45, 2.75) is 34.1 Å². The van der Waals surface area contributed by atoms with Crippen LogP contribution in [0.5, 0.6) is 0 Å². The van der Waals surface area contributed by atoms with Crippen molar-refractivity contribution in [3.8, 4) is 0 Å². The van der Waals surface area contributed by atoms with Crippen LogP contribution in [0.25, 0.3) is 0 Å². The minimum absolute atomic E-state index is 0.0886. The summed E-state index contributed by atoms with van der Waals surface area (Å²) in [4.78, 5) is 0. The van der Waals surface area contributed by atoms with Gasteiger partial charge in [-0.25, -0.2) is 0 Å². The summed E-state index contributed by atoms with van der Waals surface area (Å²) >= 11 is 0. The van der Waals surface area contributed by atoms with Crippen LogP contribution in [0.3, 0.4) is 0 Å². The van der Waals surface area contributed by atoms with Crippen LogP contribution in [0.15, 0.2) is 60.8 Å². The molecule has 98 valence electrons. The SMILES string of the molecule is C=CC(=CC)CC(C)C(C)C1(C=C)C=C1C(=C)C. The quantitative estimate of drug-likeness (QED) is 0.410. The highest BCUT2D eigenvalue weighted by Gasteiger charge is 2.47. The highest BCUT2D eigenvalue weighted by atomic mass is 14.5. The molecule has 0 bridgehead atoms. The second-order valence-electron chi connectivity index (χ2n) is 5.51. The van der Waals surface area contributed by atoms with Gasteiger partial charge in [0.25, 0.3) is 0 Å². The zero-order valence-corrected chi connectivity index (χ0v) is 12.3. The lowest BCUT2D eigenvalue weighted by Crippen LogP contribution is -2.22. The third-order valence-electron chi connectivity index (χ3n) is 4.36. The van der Waals surface area contributed by atoms with Crippen molar-refractivity contribution in [2.75, 3.05) is 0 Å². The van der Waals surface area contributed by atoms with E-state index >= 15 is 0 Å². The number of allylic oxidation sites excluding steroid dienone is 7. The molecule has 0 spiro atoms. The van der Waals surface area contributed by atoms with Crippen LogP contribution >= 0.6 is 0 Å². The van der Waals surface area contributed by atoms with E-state index in [2.05, 4.69) is 65.7 Å². The molecule has 18 heavy (non-hydrogen) atoms. The van der Waals surface area contributed by atoms with Gasteiger partial charge in [-0.05, 0) is 37.7 Å². The lowest BCUT2D eigenvalue weighted by Gasteiger charge is -2.29. The minimum Gasteiger partial charge on any atom is -0.102 e. The summed E-state index contributed by atoms with van der Waals surface area (Å²) in [5.74, 6) is 1.15. The van der Waals surface area contributed by atoms with Crippen LogP contribution < -0.4 is 0 Å². The second-order valence-corrected chi connectivity index (χ2v) is 5.51. The van der Waals surface area contributed by atoms with E-state index in [4.69, 9.17) is 0 Å². The molecule has 0 fully saturated rings. The Morgan fingerprint density at radius 1 is 1.39 bits per heavy atom. The van der Waals surface area contributed by atoms with Crippen molar-refractivity contribution in [1.82, 2.24) is 0 Å². The molecule has 0 amide bonds. The van der Waals surface area contributed by atoms with Gasteiger partial charge in [0, 0.05) is 5.41 Å². The topological polar surface area (TPSA) is 0 Å². The van der Waals surface area contributed by atoms with Crippen LogP contribution in [0.1, 0.15) is 34.1 Å². The van der Waals surface area contributed by atoms with E-state index in [1.165, 1.54) is 16.7 Å². The van der Waals surface area contributed by atoms with Gasteiger partial charge in [0.1, 0.15) is 0 Å². The Morgan fingerprint density at radius 3 is 2.33 bits per heavy atom. The molecule has 0 radical (unpaired) electrons. The maximum absolute atomic E-state index is 4.05. The summed E-state index contributed by atoms with van der Waals surface area (Å²) < 4.78 is 0. The Hall–Kier alpha value is -1.30. The van der Waals surface area contributed by atoms with E-state index in [0.717, 1.165) is 6.42 Å². The third kappa shape index (κ3) is 2.58. The van der Waals surface area contributed by atoms with E-state index < -0.39 is 0 Å². The normalized spacial score (nSPS) is 26.0. The molecule has 0 aromatic heterocycles. The summed E-state index contributed by atoms with van der Waals surface area (Å²) in [7, 11) is 0. The fourth-order valence-electron chi connectivity index (χ4n) is 2.77. The fourth-order valence-corrected chi connectivity index (χ4v) is 2.77. The first-order chi connectivity index (χ1) is 8.42. The first kappa shape index (κ1) is 14.8. The lowest BCUT2D eigenvalue weighted by atomic mass is 9.74. The van der Waals surface area contributed by atoms with Gasteiger partial charge in [0.15, 0.2) is 0 Å². The molecule has 0 saturated carbocycles. The molecule has 0 aromatic carbocycles. The molecule has 0 heteroatoms. The predicted molar refractivity (Wildman–Crippen MR) is 82.4 cm³/mol. The highest BCUT2D eigenvalue weighted by Crippen LogP contribution is 2.56. The average Bonchev–Trinajstić information content (AvgIpc) is 3.10. The zero-order chi connectivity index (χ0) is 13.9. The summed E-state index contributed by atoms with van der Waals surface area (Å²) in [6.07, 6.45) is 9.59. The van der Waals surface area contributed by atoms with Crippen molar-refractivity contribution >= 4 is 0 Å². The number of hydrogen-bond acceptors (Lipinski definition) is 0. The van der Waals surface area contributed by atoms with Crippen molar-refractivity contribution in [3.05, 3.63) is 60.8 Å². The Morgan fingerprint density at radius 2 is 2.00 bits per heavy atom. The van der Waals surface area contributed by atoms with Gasteiger partial charge in [-0.15, -0.1) is 6.58 Å². The summed E-state index contributed by atoms with van der Waals surface area (Å²) in [6.45, 7) is 20.7. The Bertz CT molecular complexity index is 419. The van der Waals surface area contributed by atoms with Gasteiger partial charge < -0.3 is 0 Å². The predicted octanol–water partition coefficient (Wildman–Crippen LogP) is 5.47. The Labute approximate surface area is 112 Å².